The monoisotopic (exact) mass is 301 g/mol. The summed E-state index contributed by atoms with van der Waals surface area (Å²) in [5.41, 5.74) is 3.56. The third-order valence-corrected chi connectivity index (χ3v) is 3.65. The second-order valence-electron chi connectivity index (χ2n) is 5.19. The number of benzene rings is 1. The first kappa shape index (κ1) is 13.9. The fourth-order valence-corrected chi connectivity index (χ4v) is 2.37. The summed E-state index contributed by atoms with van der Waals surface area (Å²) in [6.07, 6.45) is 0. The lowest BCUT2D eigenvalue weighted by Crippen LogP contribution is -1.95. The molecule has 5 heteroatoms. The first-order chi connectivity index (χ1) is 10.1. The zero-order chi connectivity index (χ0) is 15.0. The van der Waals surface area contributed by atoms with Gasteiger partial charge in [0.05, 0.1) is 18.5 Å². The molecule has 0 bridgehead atoms. The molecule has 1 aromatic carbocycles. The molecular formula is C16H16ClN3O. The van der Waals surface area contributed by atoms with Gasteiger partial charge in [0.2, 0.25) is 0 Å². The lowest BCUT2D eigenvalue weighted by molar-refractivity contribution is 0.415. The molecule has 3 aromatic rings. The van der Waals surface area contributed by atoms with Crippen LogP contribution in [0.4, 0.5) is 0 Å². The number of methoxy groups -OCH3 is 1. The highest BCUT2D eigenvalue weighted by atomic mass is 35.5. The maximum Gasteiger partial charge on any atom is 0.157 e. The molecule has 0 N–H and O–H groups in total. The van der Waals surface area contributed by atoms with Crippen molar-refractivity contribution in [2.24, 2.45) is 0 Å². The minimum Gasteiger partial charge on any atom is -0.497 e. The Kier molecular flexibility index (Phi) is 3.55. The van der Waals surface area contributed by atoms with E-state index in [9.17, 15) is 0 Å². The molecule has 0 radical (unpaired) electrons. The zero-order valence-corrected chi connectivity index (χ0v) is 12.9. The summed E-state index contributed by atoms with van der Waals surface area (Å²) in [5.74, 6) is 1.16. The summed E-state index contributed by atoms with van der Waals surface area (Å²) >= 11 is 6.32. The molecule has 0 saturated heterocycles. The Hall–Kier alpha value is -2.07. The van der Waals surface area contributed by atoms with Crippen molar-refractivity contribution in [2.45, 2.75) is 19.8 Å². The van der Waals surface area contributed by atoms with Crippen LogP contribution >= 0.6 is 11.6 Å². The third kappa shape index (κ3) is 2.59. The van der Waals surface area contributed by atoms with Crippen molar-refractivity contribution in [1.82, 2.24) is 14.6 Å². The van der Waals surface area contributed by atoms with Crippen LogP contribution in [-0.2, 0) is 0 Å². The van der Waals surface area contributed by atoms with E-state index in [1.54, 1.807) is 11.6 Å². The molecule has 4 nitrogen and oxygen atoms in total. The van der Waals surface area contributed by atoms with Crippen molar-refractivity contribution in [3.63, 3.8) is 0 Å². The Morgan fingerprint density at radius 2 is 1.86 bits per heavy atom. The molecule has 0 aliphatic heterocycles. The first-order valence-electron chi connectivity index (χ1n) is 6.79. The van der Waals surface area contributed by atoms with E-state index in [0.717, 1.165) is 28.3 Å². The average molecular weight is 302 g/mol. The van der Waals surface area contributed by atoms with E-state index >= 15 is 0 Å². The van der Waals surface area contributed by atoms with Crippen LogP contribution in [0, 0.1) is 0 Å². The van der Waals surface area contributed by atoms with Crippen molar-refractivity contribution >= 4 is 17.2 Å². The SMILES string of the molecule is COc1ccc(-c2cc(Cl)n3nc(C(C)C)cc3n2)cc1. The van der Waals surface area contributed by atoms with Gasteiger partial charge in [0.1, 0.15) is 10.9 Å². The van der Waals surface area contributed by atoms with Crippen molar-refractivity contribution < 1.29 is 4.74 Å². The summed E-state index contributed by atoms with van der Waals surface area (Å²) in [5, 5.41) is 5.03. The van der Waals surface area contributed by atoms with E-state index in [0.29, 0.717) is 11.1 Å². The van der Waals surface area contributed by atoms with E-state index in [4.69, 9.17) is 16.3 Å². The molecule has 2 heterocycles. The lowest BCUT2D eigenvalue weighted by atomic mass is 10.1. The van der Waals surface area contributed by atoms with E-state index in [2.05, 4.69) is 23.9 Å². The van der Waals surface area contributed by atoms with Crippen molar-refractivity contribution in [3.8, 4) is 17.0 Å². The van der Waals surface area contributed by atoms with Crippen molar-refractivity contribution in [3.05, 3.63) is 47.2 Å². The largest absolute Gasteiger partial charge is 0.497 e. The second-order valence-corrected chi connectivity index (χ2v) is 5.57. The topological polar surface area (TPSA) is 39.4 Å². The Morgan fingerprint density at radius 3 is 2.48 bits per heavy atom. The zero-order valence-electron chi connectivity index (χ0n) is 12.2. The van der Waals surface area contributed by atoms with E-state index in [1.807, 2.05) is 36.4 Å². The molecule has 108 valence electrons. The van der Waals surface area contributed by atoms with Crippen LogP contribution in [0.15, 0.2) is 36.4 Å². The molecule has 0 aliphatic carbocycles. The van der Waals surface area contributed by atoms with Crippen molar-refractivity contribution in [1.29, 1.82) is 0 Å². The normalized spacial score (nSPS) is 11.3. The molecule has 0 aliphatic rings. The number of fused-ring (bicyclic) bond motifs is 1. The van der Waals surface area contributed by atoms with Crippen LogP contribution in [-0.4, -0.2) is 21.7 Å². The second kappa shape index (κ2) is 5.37. The standard InChI is InChI=1S/C16H16ClN3O/c1-10(2)13-9-16-18-14(8-15(17)20(16)19-13)11-4-6-12(21-3)7-5-11/h4-10H,1-3H3. The number of rotatable bonds is 3. The van der Waals surface area contributed by atoms with Crippen LogP contribution in [0.3, 0.4) is 0 Å². The van der Waals surface area contributed by atoms with E-state index in [1.165, 1.54) is 0 Å². The fourth-order valence-electron chi connectivity index (χ4n) is 2.15. The van der Waals surface area contributed by atoms with Gasteiger partial charge in [0.25, 0.3) is 0 Å². The summed E-state index contributed by atoms with van der Waals surface area (Å²) < 4.78 is 6.84. The molecule has 2 aromatic heterocycles. The average Bonchev–Trinajstić information content (AvgIpc) is 2.92. The number of nitrogens with zero attached hydrogens (tertiary/aromatic N) is 3. The van der Waals surface area contributed by atoms with E-state index < -0.39 is 0 Å². The third-order valence-electron chi connectivity index (χ3n) is 3.38. The van der Waals surface area contributed by atoms with Gasteiger partial charge in [-0.05, 0) is 30.2 Å². The maximum absolute atomic E-state index is 6.32. The molecule has 21 heavy (non-hydrogen) atoms. The highest BCUT2D eigenvalue weighted by Crippen LogP contribution is 2.25. The summed E-state index contributed by atoms with van der Waals surface area (Å²) in [7, 11) is 1.65. The van der Waals surface area contributed by atoms with Gasteiger partial charge in [-0.3, -0.25) is 0 Å². The molecular weight excluding hydrogens is 286 g/mol. The number of hydrogen-bond acceptors (Lipinski definition) is 3. The Balaban J connectivity index is 2.10. The number of hydrogen-bond donors (Lipinski definition) is 0. The molecule has 0 spiro atoms. The highest BCUT2D eigenvalue weighted by molar-refractivity contribution is 6.30. The molecule has 0 amide bonds. The molecule has 0 atom stereocenters. The van der Waals surface area contributed by atoms with Crippen LogP contribution in [0.2, 0.25) is 5.15 Å². The van der Waals surface area contributed by atoms with Crippen LogP contribution in [0.5, 0.6) is 5.75 Å². The number of halogens is 1. The van der Waals surface area contributed by atoms with Gasteiger partial charge in [-0.15, -0.1) is 0 Å². The predicted octanol–water partition coefficient (Wildman–Crippen LogP) is 4.18. The van der Waals surface area contributed by atoms with Gasteiger partial charge in [-0.2, -0.15) is 5.10 Å². The summed E-state index contributed by atoms with van der Waals surface area (Å²) in [6, 6.07) is 11.6. The maximum atomic E-state index is 6.32. The summed E-state index contributed by atoms with van der Waals surface area (Å²) in [6.45, 7) is 4.19. The molecule has 0 fully saturated rings. The first-order valence-corrected chi connectivity index (χ1v) is 7.17. The van der Waals surface area contributed by atoms with Gasteiger partial charge >= 0.3 is 0 Å². The Labute approximate surface area is 128 Å². The van der Waals surface area contributed by atoms with E-state index in [-0.39, 0.29) is 0 Å². The van der Waals surface area contributed by atoms with Crippen molar-refractivity contribution in [2.75, 3.05) is 7.11 Å². The smallest absolute Gasteiger partial charge is 0.157 e. The number of aromatic nitrogens is 3. The fraction of sp³-hybridized carbons (Fsp3) is 0.250. The van der Waals surface area contributed by atoms with Gasteiger partial charge in [-0.1, -0.05) is 25.4 Å². The summed E-state index contributed by atoms with van der Waals surface area (Å²) in [4.78, 5) is 4.64. The highest BCUT2D eigenvalue weighted by Gasteiger charge is 2.11. The van der Waals surface area contributed by atoms with Gasteiger partial charge in [0.15, 0.2) is 5.65 Å². The van der Waals surface area contributed by atoms with Crippen LogP contribution in [0.25, 0.3) is 16.9 Å². The quantitative estimate of drug-likeness (QED) is 0.681. The number of ether oxygens (including phenoxy) is 1. The predicted molar refractivity (Wildman–Crippen MR) is 84.1 cm³/mol. The Morgan fingerprint density at radius 1 is 1.14 bits per heavy atom. The molecule has 0 unspecified atom stereocenters. The van der Waals surface area contributed by atoms with Gasteiger partial charge in [-0.25, -0.2) is 9.50 Å². The molecule has 3 rings (SSSR count). The van der Waals surface area contributed by atoms with Gasteiger partial charge in [0, 0.05) is 17.7 Å². The Bertz CT molecular complexity index is 778. The minimum absolute atomic E-state index is 0.340. The van der Waals surface area contributed by atoms with Crippen LogP contribution < -0.4 is 4.74 Å². The minimum atomic E-state index is 0.340. The van der Waals surface area contributed by atoms with Gasteiger partial charge < -0.3 is 4.74 Å². The van der Waals surface area contributed by atoms with Crippen LogP contribution in [0.1, 0.15) is 25.5 Å². The lowest BCUT2D eigenvalue weighted by Gasteiger charge is -2.05. The molecule has 0 saturated carbocycles.